The summed E-state index contributed by atoms with van der Waals surface area (Å²) in [5.41, 5.74) is 0.418. The lowest BCUT2D eigenvalue weighted by Crippen LogP contribution is -2.49. The van der Waals surface area contributed by atoms with Gasteiger partial charge in [-0.1, -0.05) is 36.4 Å². The zero-order chi connectivity index (χ0) is 19.9. The third-order valence-corrected chi connectivity index (χ3v) is 4.44. The van der Waals surface area contributed by atoms with Crippen molar-refractivity contribution in [1.29, 1.82) is 0 Å². The van der Waals surface area contributed by atoms with Gasteiger partial charge in [0.05, 0.1) is 0 Å². The number of carbonyl (C=O) groups excluding carboxylic acids is 2. The largest absolute Gasteiger partial charge is 0.445 e. The molecule has 0 aliphatic heterocycles. The van der Waals surface area contributed by atoms with Gasteiger partial charge in [-0.25, -0.2) is 9.59 Å². The van der Waals surface area contributed by atoms with E-state index in [4.69, 9.17) is 9.47 Å². The fourth-order valence-corrected chi connectivity index (χ4v) is 3.17. The number of nitrogens with one attached hydrogen (secondary N) is 2. The van der Waals surface area contributed by atoms with E-state index >= 15 is 0 Å². The summed E-state index contributed by atoms with van der Waals surface area (Å²) in [6.45, 7) is 9.61. The Morgan fingerprint density at radius 1 is 1.15 bits per heavy atom. The molecule has 1 aliphatic carbocycles. The average Bonchev–Trinajstić information content (AvgIpc) is 2.60. The van der Waals surface area contributed by atoms with Crippen LogP contribution in [0.15, 0.2) is 43.0 Å². The second kappa shape index (κ2) is 9.44. The summed E-state index contributed by atoms with van der Waals surface area (Å²) in [6, 6.07) is 9.50. The van der Waals surface area contributed by atoms with Crippen molar-refractivity contribution in [2.24, 2.45) is 5.92 Å². The highest BCUT2D eigenvalue weighted by molar-refractivity contribution is 5.68. The molecular weight excluding hydrogens is 344 g/mol. The van der Waals surface area contributed by atoms with Gasteiger partial charge in [-0.15, -0.1) is 6.58 Å². The fraction of sp³-hybridized carbons (Fsp3) is 0.524. The highest BCUT2D eigenvalue weighted by Crippen LogP contribution is 2.26. The van der Waals surface area contributed by atoms with Crippen molar-refractivity contribution in [2.45, 2.75) is 64.3 Å². The van der Waals surface area contributed by atoms with E-state index in [1.54, 1.807) is 0 Å². The first kappa shape index (κ1) is 20.8. The predicted molar refractivity (Wildman–Crippen MR) is 104 cm³/mol. The van der Waals surface area contributed by atoms with Crippen molar-refractivity contribution in [3.63, 3.8) is 0 Å². The highest BCUT2D eigenvalue weighted by atomic mass is 16.6. The summed E-state index contributed by atoms with van der Waals surface area (Å²) in [5, 5.41) is 5.83. The number of ether oxygens (including phenoxy) is 2. The van der Waals surface area contributed by atoms with Crippen LogP contribution in [-0.2, 0) is 16.1 Å². The second-order valence-corrected chi connectivity index (χ2v) is 7.87. The van der Waals surface area contributed by atoms with Gasteiger partial charge in [-0.2, -0.15) is 0 Å². The molecule has 1 aliphatic rings. The predicted octanol–water partition coefficient (Wildman–Crippen LogP) is 4.16. The summed E-state index contributed by atoms with van der Waals surface area (Å²) < 4.78 is 10.6. The summed E-state index contributed by atoms with van der Waals surface area (Å²) in [5.74, 6) is 0.0583. The first-order valence-corrected chi connectivity index (χ1v) is 9.36. The molecule has 0 spiro atoms. The molecule has 1 aromatic rings. The average molecular weight is 374 g/mol. The Morgan fingerprint density at radius 2 is 1.85 bits per heavy atom. The van der Waals surface area contributed by atoms with Gasteiger partial charge in [-0.3, -0.25) is 0 Å². The molecule has 6 heteroatoms. The standard InChI is InChI=1S/C21H30N2O4/c1-5-16-13-17(22-20(25)27-21(2,3)4)11-12-18(16)23-19(24)26-14-15-9-7-6-8-10-15/h5-10,16-18H,1,11-14H2,2-4H3,(H,22,25)(H,23,24). The van der Waals surface area contributed by atoms with Crippen LogP contribution >= 0.6 is 0 Å². The van der Waals surface area contributed by atoms with Gasteiger partial charge in [0.25, 0.3) is 0 Å². The number of hydrogen-bond acceptors (Lipinski definition) is 4. The van der Waals surface area contributed by atoms with Crippen LogP contribution in [0.5, 0.6) is 0 Å². The van der Waals surface area contributed by atoms with Crippen LogP contribution < -0.4 is 10.6 Å². The minimum Gasteiger partial charge on any atom is -0.445 e. The lowest BCUT2D eigenvalue weighted by Gasteiger charge is -2.35. The number of hydrogen-bond donors (Lipinski definition) is 2. The second-order valence-electron chi connectivity index (χ2n) is 7.87. The molecule has 0 bridgehead atoms. The first-order valence-electron chi connectivity index (χ1n) is 9.36. The molecule has 2 N–H and O–H groups in total. The van der Waals surface area contributed by atoms with Gasteiger partial charge < -0.3 is 20.1 Å². The van der Waals surface area contributed by atoms with E-state index in [1.807, 2.05) is 57.2 Å². The molecule has 2 amide bonds. The van der Waals surface area contributed by atoms with Crippen LogP contribution in [0, 0.1) is 5.92 Å². The molecule has 0 aromatic heterocycles. The highest BCUT2D eigenvalue weighted by Gasteiger charge is 2.31. The third-order valence-electron chi connectivity index (χ3n) is 4.44. The Balaban J connectivity index is 1.79. The van der Waals surface area contributed by atoms with E-state index in [0.29, 0.717) is 6.42 Å². The number of benzene rings is 1. The molecule has 0 radical (unpaired) electrons. The number of carbonyl (C=O) groups is 2. The number of alkyl carbamates (subject to hydrolysis) is 2. The topological polar surface area (TPSA) is 76.7 Å². The lowest BCUT2D eigenvalue weighted by atomic mass is 9.81. The quantitative estimate of drug-likeness (QED) is 0.759. The molecule has 1 saturated carbocycles. The van der Waals surface area contributed by atoms with Crippen molar-refractivity contribution < 1.29 is 19.1 Å². The minimum atomic E-state index is -0.525. The summed E-state index contributed by atoms with van der Waals surface area (Å²) in [4.78, 5) is 24.1. The molecule has 0 saturated heterocycles. The van der Waals surface area contributed by atoms with Gasteiger partial charge >= 0.3 is 12.2 Å². The first-order chi connectivity index (χ1) is 12.8. The molecule has 0 heterocycles. The maximum atomic E-state index is 12.1. The molecule has 3 unspecified atom stereocenters. The van der Waals surface area contributed by atoms with E-state index in [1.165, 1.54) is 0 Å². The van der Waals surface area contributed by atoms with E-state index in [-0.39, 0.29) is 24.6 Å². The number of rotatable bonds is 5. The molecular formula is C21H30N2O4. The van der Waals surface area contributed by atoms with Crippen LogP contribution in [0.25, 0.3) is 0 Å². The summed E-state index contributed by atoms with van der Waals surface area (Å²) in [7, 11) is 0. The van der Waals surface area contributed by atoms with Crippen molar-refractivity contribution in [3.05, 3.63) is 48.6 Å². The van der Waals surface area contributed by atoms with Crippen LogP contribution in [0.2, 0.25) is 0 Å². The molecule has 27 heavy (non-hydrogen) atoms. The number of amides is 2. The lowest BCUT2D eigenvalue weighted by molar-refractivity contribution is 0.0480. The molecule has 6 nitrogen and oxygen atoms in total. The Bertz CT molecular complexity index is 639. The van der Waals surface area contributed by atoms with E-state index in [0.717, 1.165) is 18.4 Å². The van der Waals surface area contributed by atoms with Crippen molar-refractivity contribution in [2.75, 3.05) is 0 Å². The van der Waals surface area contributed by atoms with Crippen LogP contribution in [0.3, 0.4) is 0 Å². The minimum absolute atomic E-state index is 0.00115. The van der Waals surface area contributed by atoms with Gasteiger partial charge in [0.1, 0.15) is 12.2 Å². The van der Waals surface area contributed by atoms with Crippen molar-refractivity contribution >= 4 is 12.2 Å². The molecule has 148 valence electrons. The van der Waals surface area contributed by atoms with Crippen molar-refractivity contribution in [1.82, 2.24) is 10.6 Å². The van der Waals surface area contributed by atoms with E-state index < -0.39 is 17.8 Å². The summed E-state index contributed by atoms with van der Waals surface area (Å²) in [6.07, 6.45) is 3.17. The van der Waals surface area contributed by atoms with Crippen LogP contribution in [0.1, 0.15) is 45.6 Å². The van der Waals surface area contributed by atoms with Crippen molar-refractivity contribution in [3.8, 4) is 0 Å². The molecule has 3 atom stereocenters. The van der Waals surface area contributed by atoms with Gasteiger partial charge in [0, 0.05) is 12.1 Å². The smallest absolute Gasteiger partial charge is 0.407 e. The summed E-state index contributed by atoms with van der Waals surface area (Å²) >= 11 is 0. The Labute approximate surface area is 161 Å². The third kappa shape index (κ3) is 7.33. The SMILES string of the molecule is C=CC1CC(NC(=O)OC(C)(C)C)CCC1NC(=O)OCc1ccccc1. The van der Waals surface area contributed by atoms with Gasteiger partial charge in [0.2, 0.25) is 0 Å². The maximum Gasteiger partial charge on any atom is 0.407 e. The zero-order valence-corrected chi connectivity index (χ0v) is 16.4. The van der Waals surface area contributed by atoms with Crippen LogP contribution in [-0.4, -0.2) is 29.9 Å². The molecule has 2 rings (SSSR count). The zero-order valence-electron chi connectivity index (χ0n) is 16.4. The van der Waals surface area contributed by atoms with E-state index in [2.05, 4.69) is 17.2 Å². The molecule has 1 fully saturated rings. The van der Waals surface area contributed by atoms with Gasteiger partial charge in [-0.05, 0) is 51.5 Å². The monoisotopic (exact) mass is 374 g/mol. The Morgan fingerprint density at radius 3 is 2.48 bits per heavy atom. The van der Waals surface area contributed by atoms with Gasteiger partial charge in [0.15, 0.2) is 0 Å². The fourth-order valence-electron chi connectivity index (χ4n) is 3.17. The van der Waals surface area contributed by atoms with E-state index in [9.17, 15) is 9.59 Å². The Kier molecular flexibility index (Phi) is 7.28. The normalized spacial score (nSPS) is 22.4. The maximum absolute atomic E-state index is 12.1. The molecule has 1 aromatic carbocycles. The van der Waals surface area contributed by atoms with Crippen LogP contribution in [0.4, 0.5) is 9.59 Å². The Hall–Kier alpha value is -2.50.